The van der Waals surface area contributed by atoms with E-state index in [2.05, 4.69) is 31.9 Å². The van der Waals surface area contributed by atoms with Gasteiger partial charge in [-0.25, -0.2) is 51.6 Å². The number of hydrogen-bond acceptors (Lipinski definition) is 19. The summed E-state index contributed by atoms with van der Waals surface area (Å²) in [5.74, 6) is -10.4. The van der Waals surface area contributed by atoms with Gasteiger partial charge in [0.05, 0.1) is 35.4 Å². The maximum Gasteiger partial charge on any atom is 1.00 e. The van der Waals surface area contributed by atoms with E-state index >= 15 is 0 Å². The second-order valence-corrected chi connectivity index (χ2v) is 36.1. The first kappa shape index (κ1) is 92.5. The van der Waals surface area contributed by atoms with Crippen LogP contribution in [0.5, 0.6) is 17.2 Å². The topological polar surface area (TPSA) is 374 Å². The summed E-state index contributed by atoms with van der Waals surface area (Å²) < 4.78 is 168. The van der Waals surface area contributed by atoms with Gasteiger partial charge in [-0.2, -0.15) is 8.61 Å². The SMILES string of the molecule is CN1CC2(CCN(S(C)(=O)=O)C2)n2cc(C(=O)NCc3ccc(F)cc3F)c(=O)c(O)c2C1=O.CN1CC2(CCN(S(C)(=O)=O)C2)n2cc(C(=O)NCc3ccc(F)cc3F)c(=O)c(OCc3ccccc3)c2C1=O.CN1CC2(CCNC2)n2cc(C(=O)NCc3ccc(F)cc3F)c(=O)c(OCc3ccccc3)c2C1=O.CS(=O)(=O)Cl.[Cl-].[Li+]. The van der Waals surface area contributed by atoms with Crippen LogP contribution in [0.25, 0.3) is 0 Å². The number of halogens is 8. The van der Waals surface area contributed by atoms with Crippen LogP contribution in [0.15, 0.2) is 148 Å². The van der Waals surface area contributed by atoms with Crippen LogP contribution < -0.4 is 78.3 Å². The second-order valence-electron chi connectivity index (χ2n) is 29.0. The van der Waals surface area contributed by atoms with Gasteiger partial charge in [0.15, 0.2) is 34.3 Å². The molecule has 630 valence electrons. The van der Waals surface area contributed by atoms with Crippen LogP contribution in [0.4, 0.5) is 26.3 Å². The monoisotopic (exact) mass is 1750 g/mol. The smallest absolute Gasteiger partial charge is 1.00 e. The Morgan fingerprint density at radius 3 is 1.12 bits per heavy atom. The number of pyridine rings is 3. The van der Waals surface area contributed by atoms with Crippen molar-refractivity contribution in [3.8, 4) is 17.2 Å². The molecule has 0 bridgehead atoms. The summed E-state index contributed by atoms with van der Waals surface area (Å²) in [5, 5.41) is 21.3. The maximum absolute atomic E-state index is 14.2. The second kappa shape index (κ2) is 37.1. The van der Waals surface area contributed by atoms with Crippen LogP contribution in [0.2, 0.25) is 0 Å². The third kappa shape index (κ3) is 20.6. The number of fused-ring (bicyclic) bond motifs is 6. The number of likely N-dealkylation sites (N-methyl/N-ethyl adjacent to an activating group) is 3. The van der Waals surface area contributed by atoms with Gasteiger partial charge < -0.3 is 76.7 Å². The fourth-order valence-corrected chi connectivity index (χ4v) is 16.6. The standard InChI is InChI=1S/C28H28F2N4O6S.C27H26F2N4O4.C21H22F2N4O6S.CH3ClO2S.ClH.Li/c1-32-16-28(10-11-33(17-28)41(2,38)39)34-14-21(26(36)31-13-19-8-9-20(29)12-22(19)30)24(35)25(23(34)27(32)37)40-15-18-6-4-3-5-7-18;1-32-16-27(9-10-30-15-27)33-13-20(25(35)31-12-18-7-8-19(28)11-21(18)29)23(34)24(22(33)26(32)36)37-14-17-5-3-2-4-6-17;1-25-10-21(5-6-26(11-21)34(2,32)33)27-9-14(17(28)18(29)16(27)20(25)31)19(30)24-8-12-3-4-13(22)7-15(12)23;1-5(2,3)4;;/h3-9,12,14H,10-11,13,15-17H2,1-2H3,(H,31,36);2-8,11,13,30H,9-10,12,14-16H2,1H3,(H,31,35);3-4,7,9,29H,5-6,8,10-11H2,1-2H3,(H,24,30);1H3;1H;/q;;;;;+1/p-1. The molecule has 0 radical (unpaired) electrons. The largest absolute Gasteiger partial charge is 1.00 e. The molecule has 5 aromatic carbocycles. The zero-order valence-electron chi connectivity index (χ0n) is 64.9. The van der Waals surface area contributed by atoms with Crippen LogP contribution in [-0.4, -0.2) is 202 Å². The van der Waals surface area contributed by atoms with Gasteiger partial charge in [0.1, 0.15) is 64.8 Å². The van der Waals surface area contributed by atoms with Crippen LogP contribution in [0.3, 0.4) is 0 Å². The number of hydrogen-bond donors (Lipinski definition) is 5. The Hall–Kier alpha value is -10.3. The molecule has 42 heteroatoms. The summed E-state index contributed by atoms with van der Waals surface area (Å²) in [5.41, 5.74) is -5.09. The summed E-state index contributed by atoms with van der Waals surface area (Å²) in [6.07, 6.45) is 8.13. The molecule has 3 spiro atoms. The molecule has 0 aliphatic carbocycles. The third-order valence-corrected chi connectivity index (χ3v) is 23.1. The van der Waals surface area contributed by atoms with Crippen molar-refractivity contribution < 1.29 is 126 Å². The molecule has 3 saturated heterocycles. The number of nitrogens with one attached hydrogen (secondary N) is 4. The molecule has 8 aromatic rings. The van der Waals surface area contributed by atoms with Gasteiger partial charge in [0.2, 0.25) is 45.4 Å². The molecule has 6 aliphatic heterocycles. The van der Waals surface area contributed by atoms with Crippen LogP contribution in [0.1, 0.15) is 110 Å². The van der Waals surface area contributed by atoms with Crippen molar-refractivity contribution >= 4 is 75.2 Å². The number of aromatic nitrogens is 3. The summed E-state index contributed by atoms with van der Waals surface area (Å²) in [6, 6.07) is 26.9. The van der Waals surface area contributed by atoms with Crippen molar-refractivity contribution in [3.05, 3.63) is 261 Å². The summed E-state index contributed by atoms with van der Waals surface area (Å²) in [4.78, 5) is 123. The number of nitrogens with zero attached hydrogens (tertiary/aromatic N) is 8. The van der Waals surface area contributed by atoms with Crippen molar-refractivity contribution in [2.75, 3.05) is 98.8 Å². The number of aromatic hydroxyl groups is 1. The third-order valence-electron chi connectivity index (χ3n) is 20.6. The van der Waals surface area contributed by atoms with E-state index in [4.69, 9.17) is 9.47 Å². The van der Waals surface area contributed by atoms with E-state index in [0.29, 0.717) is 50.2 Å². The van der Waals surface area contributed by atoms with Gasteiger partial charge in [0, 0.05) is 157 Å². The Morgan fingerprint density at radius 2 is 0.798 bits per heavy atom. The number of amides is 6. The predicted octanol–water partition coefficient (Wildman–Crippen LogP) is -1.11. The van der Waals surface area contributed by atoms with E-state index in [9.17, 15) is 99.9 Å². The van der Waals surface area contributed by atoms with Gasteiger partial charge in [-0.1, -0.05) is 78.9 Å². The number of carbonyl (C=O) groups is 6. The normalized spacial score (nSPS) is 18.7. The first-order valence-corrected chi connectivity index (χ1v) is 42.3. The molecule has 3 unspecified atom stereocenters. The van der Waals surface area contributed by atoms with Crippen LogP contribution in [0, 0.1) is 34.9 Å². The minimum Gasteiger partial charge on any atom is -1.00 e. The molecule has 9 heterocycles. The summed E-state index contributed by atoms with van der Waals surface area (Å²) in [6.45, 7) is 1.20. The number of rotatable bonds is 17. The molecular weight excluding hydrogens is 1670 g/mol. The Morgan fingerprint density at radius 1 is 0.479 bits per heavy atom. The minimum absolute atomic E-state index is 0. The Balaban J connectivity index is 0.000000197. The summed E-state index contributed by atoms with van der Waals surface area (Å²) in [7, 11) is -1.11. The van der Waals surface area contributed by atoms with Gasteiger partial charge >= 0.3 is 18.9 Å². The number of sulfonamides is 2. The Bertz CT molecular complexity index is 5860. The van der Waals surface area contributed by atoms with Crippen molar-refractivity contribution in [2.45, 2.75) is 68.7 Å². The molecule has 3 aromatic heterocycles. The van der Waals surface area contributed by atoms with Gasteiger partial charge in [-0.05, 0) is 55.1 Å². The molecule has 3 atom stereocenters. The fourth-order valence-electron chi connectivity index (χ4n) is 14.8. The first-order valence-electron chi connectivity index (χ1n) is 35.9. The van der Waals surface area contributed by atoms with Crippen LogP contribution >= 0.6 is 10.7 Å². The Labute approximate surface area is 701 Å². The van der Waals surface area contributed by atoms with Gasteiger partial charge in [-0.3, -0.25) is 43.2 Å². The fraction of sp³-hybridized carbons (Fsp3) is 0.338. The molecule has 119 heavy (non-hydrogen) atoms. The minimum atomic E-state index is -3.57. The number of benzene rings is 5. The van der Waals surface area contributed by atoms with Gasteiger partial charge in [0.25, 0.3) is 35.4 Å². The molecule has 0 saturated carbocycles. The molecule has 6 aliphatic rings. The van der Waals surface area contributed by atoms with E-state index in [1.165, 1.54) is 59.1 Å². The molecule has 30 nitrogen and oxygen atoms in total. The van der Waals surface area contributed by atoms with Crippen molar-refractivity contribution in [3.63, 3.8) is 0 Å². The van der Waals surface area contributed by atoms with Crippen molar-refractivity contribution in [1.29, 1.82) is 0 Å². The molecule has 6 amide bonds. The number of carbonyl (C=O) groups excluding carboxylic acids is 6. The van der Waals surface area contributed by atoms with Crippen LogP contribution in [-0.2, 0) is 78.6 Å². The average Bonchev–Trinajstić information content (AvgIpc) is 1.64. The van der Waals surface area contributed by atoms with E-state index in [-0.39, 0.29) is 172 Å². The van der Waals surface area contributed by atoms with E-state index in [1.807, 2.05) is 36.4 Å². The zero-order valence-corrected chi connectivity index (χ0v) is 68.9. The Kier molecular flexibility index (Phi) is 28.9. The molecular formula is C77H79Cl2F6LiN12O18S3. The van der Waals surface area contributed by atoms with E-state index < -0.39 is 138 Å². The van der Waals surface area contributed by atoms with Gasteiger partial charge in [-0.15, -0.1) is 0 Å². The predicted molar refractivity (Wildman–Crippen MR) is 413 cm³/mol. The molecule has 3 fully saturated rings. The first-order chi connectivity index (χ1) is 55.0. The van der Waals surface area contributed by atoms with E-state index in [1.54, 1.807) is 47.8 Å². The number of ether oxygens (including phenoxy) is 2. The zero-order chi connectivity index (χ0) is 85.2. The van der Waals surface area contributed by atoms with E-state index in [0.717, 1.165) is 60.9 Å². The quantitative estimate of drug-likeness (QED) is 0.0410. The van der Waals surface area contributed by atoms with Crippen molar-refractivity contribution in [2.24, 2.45) is 0 Å². The molecule has 14 rings (SSSR count). The summed E-state index contributed by atoms with van der Waals surface area (Å²) >= 11 is 0. The maximum atomic E-state index is 14.2. The molecule has 5 N–H and O–H groups in total. The van der Waals surface area contributed by atoms with Crippen molar-refractivity contribution in [1.82, 2.24) is 58.3 Å². The average molecular weight is 1750 g/mol.